The van der Waals surface area contributed by atoms with E-state index in [0.29, 0.717) is 5.69 Å². The molecule has 1 heterocycles. The van der Waals surface area contributed by atoms with Crippen LogP contribution in [0.2, 0.25) is 0 Å². The average molecular weight is 281 g/mol. The molecule has 0 unspecified atom stereocenters. The Bertz CT molecular complexity index is 654. The van der Waals surface area contributed by atoms with Gasteiger partial charge in [-0.25, -0.2) is 0 Å². The number of hydrogen-bond donors (Lipinski definition) is 1. The van der Waals surface area contributed by atoms with E-state index >= 15 is 0 Å². The van der Waals surface area contributed by atoms with E-state index in [9.17, 15) is 13.2 Å². The van der Waals surface area contributed by atoms with Crippen LogP contribution in [0.3, 0.4) is 0 Å². The Kier molecular flexibility index (Phi) is 3.61. The van der Waals surface area contributed by atoms with Crippen molar-refractivity contribution in [3.8, 4) is 6.07 Å². The molecule has 2 rings (SSSR count). The molecule has 0 bridgehead atoms. The zero-order valence-corrected chi connectivity index (χ0v) is 10.4. The van der Waals surface area contributed by atoms with Crippen LogP contribution in [-0.2, 0) is 19.8 Å². The van der Waals surface area contributed by atoms with Crippen molar-refractivity contribution in [1.82, 2.24) is 15.0 Å². The fourth-order valence-corrected chi connectivity index (χ4v) is 1.66. The Morgan fingerprint density at radius 3 is 2.70 bits per heavy atom. The van der Waals surface area contributed by atoms with Crippen molar-refractivity contribution in [2.75, 3.05) is 5.32 Å². The van der Waals surface area contributed by atoms with Crippen LogP contribution in [0.4, 0.5) is 18.9 Å². The molecular formula is C12H10F3N5. The predicted octanol–water partition coefficient (Wildman–Crippen LogP) is 2.32. The van der Waals surface area contributed by atoms with Crippen LogP contribution < -0.4 is 5.32 Å². The number of benzene rings is 1. The maximum Gasteiger partial charge on any atom is 0.418 e. The number of hydrogen-bond acceptors (Lipinski definition) is 4. The van der Waals surface area contributed by atoms with Crippen LogP contribution in [-0.4, -0.2) is 15.0 Å². The van der Waals surface area contributed by atoms with Gasteiger partial charge in [0.1, 0.15) is 0 Å². The summed E-state index contributed by atoms with van der Waals surface area (Å²) >= 11 is 0. The van der Waals surface area contributed by atoms with E-state index in [1.807, 2.05) is 0 Å². The minimum atomic E-state index is -4.53. The number of anilines is 1. The highest BCUT2D eigenvalue weighted by molar-refractivity contribution is 5.56. The number of nitrogens with zero attached hydrogens (tertiary/aromatic N) is 4. The lowest BCUT2D eigenvalue weighted by atomic mass is 10.1. The lowest BCUT2D eigenvalue weighted by Crippen LogP contribution is -2.12. The molecule has 8 heteroatoms. The molecule has 0 aliphatic rings. The molecule has 0 aliphatic carbocycles. The quantitative estimate of drug-likeness (QED) is 0.937. The van der Waals surface area contributed by atoms with Crippen molar-refractivity contribution < 1.29 is 13.2 Å². The molecule has 0 radical (unpaired) electrons. The van der Waals surface area contributed by atoms with Crippen LogP contribution >= 0.6 is 0 Å². The summed E-state index contributed by atoms with van der Waals surface area (Å²) in [7, 11) is 1.65. The molecular weight excluding hydrogens is 271 g/mol. The van der Waals surface area contributed by atoms with Gasteiger partial charge in [0.15, 0.2) is 0 Å². The molecule has 1 aromatic carbocycles. The normalized spacial score (nSPS) is 11.2. The number of aryl methyl sites for hydroxylation is 1. The molecule has 0 spiro atoms. The molecule has 5 nitrogen and oxygen atoms in total. The molecule has 2 aromatic rings. The van der Waals surface area contributed by atoms with Gasteiger partial charge in [0.25, 0.3) is 0 Å². The molecule has 20 heavy (non-hydrogen) atoms. The molecule has 0 saturated carbocycles. The van der Waals surface area contributed by atoms with Gasteiger partial charge in [-0.3, -0.25) is 4.68 Å². The second-order valence-corrected chi connectivity index (χ2v) is 4.07. The van der Waals surface area contributed by atoms with Gasteiger partial charge >= 0.3 is 6.18 Å². The largest absolute Gasteiger partial charge is 0.418 e. The Balaban J connectivity index is 2.28. The number of nitriles is 1. The van der Waals surface area contributed by atoms with E-state index in [4.69, 9.17) is 5.26 Å². The number of rotatable bonds is 3. The van der Waals surface area contributed by atoms with Gasteiger partial charge < -0.3 is 5.32 Å². The average Bonchev–Trinajstić information content (AvgIpc) is 2.80. The highest BCUT2D eigenvalue weighted by Gasteiger charge is 2.33. The number of nitrogens with one attached hydrogen (secondary N) is 1. The zero-order chi connectivity index (χ0) is 14.8. The van der Waals surface area contributed by atoms with Gasteiger partial charge in [-0.2, -0.15) is 18.4 Å². The van der Waals surface area contributed by atoms with Gasteiger partial charge in [-0.15, -0.1) is 5.10 Å². The van der Waals surface area contributed by atoms with E-state index < -0.39 is 11.7 Å². The summed E-state index contributed by atoms with van der Waals surface area (Å²) in [5, 5.41) is 18.7. The molecule has 0 atom stereocenters. The highest BCUT2D eigenvalue weighted by Crippen LogP contribution is 2.35. The Morgan fingerprint density at radius 2 is 2.15 bits per heavy atom. The third kappa shape index (κ3) is 2.88. The first-order chi connectivity index (χ1) is 9.41. The summed E-state index contributed by atoms with van der Waals surface area (Å²) in [6, 6.07) is 5.09. The van der Waals surface area contributed by atoms with Crippen molar-refractivity contribution in [3.63, 3.8) is 0 Å². The van der Waals surface area contributed by atoms with Crippen LogP contribution in [0.5, 0.6) is 0 Å². The molecule has 0 fully saturated rings. The van der Waals surface area contributed by atoms with Gasteiger partial charge in [0.05, 0.1) is 35.6 Å². The minimum absolute atomic E-state index is 0.0370. The monoisotopic (exact) mass is 281 g/mol. The van der Waals surface area contributed by atoms with E-state index in [1.165, 1.54) is 23.0 Å². The Hall–Kier alpha value is -2.56. The topological polar surface area (TPSA) is 66.5 Å². The molecule has 104 valence electrons. The van der Waals surface area contributed by atoms with Crippen LogP contribution in [0, 0.1) is 11.3 Å². The first-order valence-electron chi connectivity index (χ1n) is 5.60. The second-order valence-electron chi connectivity index (χ2n) is 4.07. The van der Waals surface area contributed by atoms with Crippen molar-refractivity contribution in [2.24, 2.45) is 7.05 Å². The van der Waals surface area contributed by atoms with Gasteiger partial charge in [-0.05, 0) is 18.2 Å². The van der Waals surface area contributed by atoms with Crippen molar-refractivity contribution in [2.45, 2.75) is 12.7 Å². The number of alkyl halides is 3. The third-order valence-electron chi connectivity index (χ3n) is 2.72. The van der Waals surface area contributed by atoms with Crippen molar-refractivity contribution >= 4 is 5.69 Å². The highest BCUT2D eigenvalue weighted by atomic mass is 19.4. The number of halogens is 3. The first-order valence-corrected chi connectivity index (χ1v) is 5.60. The summed E-state index contributed by atoms with van der Waals surface area (Å²) in [4.78, 5) is 0. The van der Waals surface area contributed by atoms with Crippen LogP contribution in [0.25, 0.3) is 0 Å². The predicted molar refractivity (Wildman–Crippen MR) is 64.5 cm³/mol. The number of aromatic nitrogens is 3. The maximum absolute atomic E-state index is 12.9. The molecule has 1 N–H and O–H groups in total. The smallest absolute Gasteiger partial charge is 0.379 e. The summed E-state index contributed by atoms with van der Waals surface area (Å²) in [6.07, 6.45) is -3.07. The van der Waals surface area contributed by atoms with E-state index in [0.717, 1.165) is 6.07 Å². The van der Waals surface area contributed by atoms with Gasteiger partial charge in [-0.1, -0.05) is 5.21 Å². The van der Waals surface area contributed by atoms with E-state index in [2.05, 4.69) is 15.6 Å². The summed E-state index contributed by atoms with van der Waals surface area (Å²) < 4.78 is 40.3. The third-order valence-corrected chi connectivity index (χ3v) is 2.72. The standard InChI is InChI=1S/C12H10F3N5/c1-20-9(7-18-19-20)6-17-11-3-2-8(5-16)4-10(11)12(13,14)15/h2-4,7,17H,6H2,1H3. The Morgan fingerprint density at radius 1 is 1.40 bits per heavy atom. The second kappa shape index (κ2) is 5.21. The molecule has 0 amide bonds. The molecule has 0 aliphatic heterocycles. The fourth-order valence-electron chi connectivity index (χ4n) is 1.66. The first kappa shape index (κ1) is 13.9. The van der Waals surface area contributed by atoms with Crippen molar-refractivity contribution in [3.05, 3.63) is 41.2 Å². The fraction of sp³-hybridized carbons (Fsp3) is 0.250. The van der Waals surface area contributed by atoms with Gasteiger partial charge in [0.2, 0.25) is 0 Å². The summed E-state index contributed by atoms with van der Waals surface area (Å²) in [5.41, 5.74) is -0.350. The summed E-state index contributed by atoms with van der Waals surface area (Å²) in [5.74, 6) is 0. The van der Waals surface area contributed by atoms with Gasteiger partial charge in [0, 0.05) is 12.7 Å². The minimum Gasteiger partial charge on any atom is -0.379 e. The lowest BCUT2D eigenvalue weighted by Gasteiger charge is -2.14. The van der Waals surface area contributed by atoms with Crippen LogP contribution in [0.15, 0.2) is 24.4 Å². The summed E-state index contributed by atoms with van der Waals surface area (Å²) in [6.45, 7) is 0.151. The molecule has 1 aromatic heterocycles. The van der Waals surface area contributed by atoms with E-state index in [1.54, 1.807) is 13.1 Å². The Labute approximate surface area is 112 Å². The lowest BCUT2D eigenvalue weighted by molar-refractivity contribution is -0.137. The van der Waals surface area contributed by atoms with Crippen molar-refractivity contribution in [1.29, 1.82) is 5.26 Å². The van der Waals surface area contributed by atoms with E-state index in [-0.39, 0.29) is 17.8 Å². The zero-order valence-electron chi connectivity index (χ0n) is 10.4. The molecule has 0 saturated heterocycles. The van der Waals surface area contributed by atoms with Crippen LogP contribution in [0.1, 0.15) is 16.8 Å². The maximum atomic E-state index is 12.9. The SMILES string of the molecule is Cn1nncc1CNc1ccc(C#N)cc1C(F)(F)F.